The first-order valence-corrected chi connectivity index (χ1v) is 35.6. The molecule has 0 unspecified atom stereocenters. The number of thioether (sulfide) groups is 1. The maximum atomic E-state index is 14.7. The molecule has 0 aromatic rings. The molecule has 0 aliphatic heterocycles. The van der Waals surface area contributed by atoms with Crippen LogP contribution in [0.25, 0.3) is 0 Å². The van der Waals surface area contributed by atoms with Crippen LogP contribution in [-0.4, -0.2) is 141 Å². The van der Waals surface area contributed by atoms with Crippen molar-refractivity contribution in [2.24, 2.45) is 5.73 Å². The standard InChI is InChI=1S/C66H119Cl3N6O15S/c1-14-16-18-20-22-24-26-28-30-32-34-36-38-40-54(77)85-46-65(13,89-55(78)41-39-37-35-33-31-29-27-25-23-21-19-17-15-2)91-45-52(75-61(84)86-47-66(67,68)69)59(82)74-51(44-88-63(7,8)9)58(81)73-50(43-87-62(4,5)6)57(80)72-49(42-53(70)76)56(79)71-48(3)60(83)90-64(10,11)12/h48-52H,14-47H2,1-13H3,(H2,70,76)(H,71,79)(H,72,80)(H,73,81)(H,74,82)(H,75,84)/t48-,49-,50-,51-,52-,65+/m0/s1. The molecular weight excluding hydrogens is 1260 g/mol. The van der Waals surface area contributed by atoms with Crippen LogP contribution in [0.5, 0.6) is 0 Å². The highest BCUT2D eigenvalue weighted by atomic mass is 35.6. The lowest BCUT2D eigenvalue weighted by Crippen LogP contribution is -2.61. The summed E-state index contributed by atoms with van der Waals surface area (Å²) in [6.45, 7) is 20.2. The number of hydrogen-bond acceptors (Lipinski definition) is 16. The predicted molar refractivity (Wildman–Crippen MR) is 362 cm³/mol. The van der Waals surface area contributed by atoms with Gasteiger partial charge in [0.1, 0.15) is 49.0 Å². The normalized spacial score (nSPS) is 14.3. The Morgan fingerprint density at radius 3 is 1.16 bits per heavy atom. The van der Waals surface area contributed by atoms with E-state index in [-0.39, 0.29) is 18.6 Å². The van der Waals surface area contributed by atoms with Gasteiger partial charge in [0.05, 0.1) is 30.8 Å². The third-order valence-corrected chi connectivity index (χ3v) is 15.8. The molecule has 0 radical (unpaired) electrons. The lowest BCUT2D eigenvalue weighted by Gasteiger charge is -2.31. The van der Waals surface area contributed by atoms with Crippen LogP contribution in [0.2, 0.25) is 0 Å². The van der Waals surface area contributed by atoms with E-state index >= 15 is 0 Å². The van der Waals surface area contributed by atoms with Crippen molar-refractivity contribution in [1.29, 1.82) is 0 Å². The fraction of sp³-hybridized carbons (Fsp3) is 0.864. The summed E-state index contributed by atoms with van der Waals surface area (Å²) < 4.78 is 32.2. The minimum atomic E-state index is -2.05. The molecule has 0 heterocycles. The monoisotopic (exact) mass is 1370 g/mol. The zero-order chi connectivity index (χ0) is 69.1. The molecular formula is C66H119Cl3N6O15S. The zero-order valence-electron chi connectivity index (χ0n) is 57.7. The van der Waals surface area contributed by atoms with Gasteiger partial charge in [-0.2, -0.15) is 0 Å². The SMILES string of the molecule is CCCCCCCCCCCCCCCC(=O)OC[C@](C)(OC(=O)CCCCCCCCCCCCCCC)SC[C@H](NC(=O)OCC(Cl)(Cl)Cl)C(=O)N[C@@H](COC(C)(C)C)C(=O)N[C@@H](COC(C)(C)C)C(=O)N[C@@H](CC(N)=O)C(=O)N[C@@H](C)C(=O)OC(C)(C)C. The van der Waals surface area contributed by atoms with Crippen LogP contribution in [0, 0.1) is 0 Å². The first-order chi connectivity index (χ1) is 42.5. The zero-order valence-corrected chi connectivity index (χ0v) is 60.8. The average molecular weight is 1380 g/mol. The predicted octanol–water partition coefficient (Wildman–Crippen LogP) is 12.8. The van der Waals surface area contributed by atoms with E-state index in [4.69, 9.17) is 69.0 Å². The molecule has 0 spiro atoms. The number of carbonyl (C=O) groups excluding carboxylic acids is 9. The second-order valence-corrected chi connectivity index (χ2v) is 30.9. The van der Waals surface area contributed by atoms with E-state index in [0.29, 0.717) is 12.8 Å². The Bertz CT molecular complexity index is 2120. The van der Waals surface area contributed by atoms with Crippen LogP contribution < -0.4 is 32.3 Å². The molecule has 0 aliphatic carbocycles. The number of carbonyl (C=O) groups is 9. The highest BCUT2D eigenvalue weighted by Gasteiger charge is 2.38. The smallest absolute Gasteiger partial charge is 0.407 e. The van der Waals surface area contributed by atoms with Crippen molar-refractivity contribution < 1.29 is 71.6 Å². The number of unbranched alkanes of at least 4 members (excludes halogenated alkanes) is 24. The lowest BCUT2D eigenvalue weighted by molar-refractivity contribution is -0.161. The molecule has 6 atom stereocenters. The van der Waals surface area contributed by atoms with E-state index < -0.39 is 142 Å². The molecule has 0 bridgehead atoms. The van der Waals surface area contributed by atoms with Gasteiger partial charge in [0.25, 0.3) is 0 Å². The van der Waals surface area contributed by atoms with Crippen molar-refractivity contribution in [3.63, 3.8) is 0 Å². The van der Waals surface area contributed by atoms with Crippen molar-refractivity contribution in [3.8, 4) is 0 Å². The Morgan fingerprint density at radius 1 is 0.429 bits per heavy atom. The summed E-state index contributed by atoms with van der Waals surface area (Å²) in [4.78, 5) is 121. The van der Waals surface area contributed by atoms with Crippen molar-refractivity contribution >= 4 is 100 Å². The van der Waals surface area contributed by atoms with E-state index in [2.05, 4.69) is 40.4 Å². The van der Waals surface area contributed by atoms with Crippen molar-refractivity contribution in [2.45, 2.75) is 332 Å². The third-order valence-electron chi connectivity index (χ3n) is 14.1. The van der Waals surface area contributed by atoms with Gasteiger partial charge in [0.2, 0.25) is 33.3 Å². The minimum Gasteiger partial charge on any atom is -0.460 e. The number of alkyl halides is 3. The van der Waals surface area contributed by atoms with Gasteiger partial charge >= 0.3 is 24.0 Å². The first kappa shape index (κ1) is 87.2. The third kappa shape index (κ3) is 50.3. The Labute approximate surface area is 565 Å². The van der Waals surface area contributed by atoms with Gasteiger partial charge in [-0.25, -0.2) is 9.59 Å². The van der Waals surface area contributed by atoms with E-state index in [1.165, 1.54) is 117 Å². The number of alkyl carbamates (subject to hydrolysis) is 1. The molecule has 91 heavy (non-hydrogen) atoms. The Morgan fingerprint density at radius 2 is 0.791 bits per heavy atom. The Hall–Kier alpha value is -3.83. The summed E-state index contributed by atoms with van der Waals surface area (Å²) in [5, 5.41) is 12.4. The second-order valence-electron chi connectivity index (χ2n) is 26.9. The summed E-state index contributed by atoms with van der Waals surface area (Å²) in [7, 11) is 0. The number of hydrogen-bond donors (Lipinski definition) is 6. The van der Waals surface area contributed by atoms with Crippen LogP contribution in [0.4, 0.5) is 4.79 Å². The number of nitrogens with one attached hydrogen (secondary N) is 5. The van der Waals surface area contributed by atoms with Crippen molar-refractivity contribution in [3.05, 3.63) is 0 Å². The number of primary amides is 1. The van der Waals surface area contributed by atoms with Gasteiger partial charge in [0, 0.05) is 18.6 Å². The molecule has 0 aromatic heterocycles. The number of nitrogens with two attached hydrogens (primary N) is 1. The van der Waals surface area contributed by atoms with Gasteiger partial charge in [-0.3, -0.25) is 33.6 Å². The van der Waals surface area contributed by atoms with Gasteiger partial charge in [-0.05, 0) is 89.0 Å². The van der Waals surface area contributed by atoms with Crippen LogP contribution >= 0.6 is 46.6 Å². The Balaban J connectivity index is 6.80. The van der Waals surface area contributed by atoms with E-state index in [9.17, 15) is 43.2 Å². The topological polar surface area (TPSA) is 295 Å². The van der Waals surface area contributed by atoms with Crippen LogP contribution in [0.1, 0.15) is 276 Å². The van der Waals surface area contributed by atoms with Crippen LogP contribution in [-0.2, 0) is 66.8 Å². The van der Waals surface area contributed by atoms with E-state index in [0.717, 1.165) is 63.1 Å². The largest absolute Gasteiger partial charge is 0.460 e. The second kappa shape index (κ2) is 48.0. The number of rotatable bonds is 51. The van der Waals surface area contributed by atoms with Crippen molar-refractivity contribution in [1.82, 2.24) is 26.6 Å². The number of amides is 6. The molecule has 0 saturated carbocycles. The average Bonchev–Trinajstić information content (AvgIpc) is 1.03. The summed E-state index contributed by atoms with van der Waals surface area (Å²) >= 11 is 18.6. The van der Waals surface area contributed by atoms with Crippen LogP contribution in [0.3, 0.4) is 0 Å². The van der Waals surface area contributed by atoms with Gasteiger partial charge in [-0.15, -0.1) is 11.8 Å². The van der Waals surface area contributed by atoms with Crippen molar-refractivity contribution in [2.75, 3.05) is 32.2 Å². The lowest BCUT2D eigenvalue weighted by atomic mass is 10.0. The maximum absolute atomic E-state index is 14.7. The molecule has 0 aliphatic rings. The summed E-state index contributed by atoms with van der Waals surface area (Å²) in [5.74, 6) is -7.23. The fourth-order valence-corrected chi connectivity index (χ4v) is 10.3. The summed E-state index contributed by atoms with van der Waals surface area (Å²) in [6.07, 6.45) is 27.6. The van der Waals surface area contributed by atoms with Gasteiger partial charge < -0.3 is 60.7 Å². The molecule has 21 nitrogen and oxygen atoms in total. The van der Waals surface area contributed by atoms with Crippen LogP contribution in [0.15, 0.2) is 0 Å². The van der Waals surface area contributed by atoms with E-state index in [1.807, 2.05) is 0 Å². The Kier molecular flexibility index (Phi) is 45.9. The van der Waals surface area contributed by atoms with E-state index in [1.54, 1.807) is 62.3 Å². The fourth-order valence-electron chi connectivity index (χ4n) is 9.05. The molecule has 7 N–H and O–H groups in total. The minimum absolute atomic E-state index is 0.0724. The maximum Gasteiger partial charge on any atom is 0.407 e. The summed E-state index contributed by atoms with van der Waals surface area (Å²) in [6, 6.07) is -7.72. The highest BCUT2D eigenvalue weighted by molar-refractivity contribution is 8.00. The summed E-state index contributed by atoms with van der Waals surface area (Å²) in [5.41, 5.74) is 2.80. The molecule has 0 rings (SSSR count). The number of ether oxygens (including phenoxy) is 6. The molecule has 0 aromatic carbocycles. The highest BCUT2D eigenvalue weighted by Crippen LogP contribution is 2.30. The number of esters is 3. The molecule has 0 saturated heterocycles. The molecule has 25 heteroatoms. The quantitative estimate of drug-likeness (QED) is 0.0108. The van der Waals surface area contributed by atoms with Gasteiger partial charge in [0.15, 0.2) is 4.93 Å². The number of halogens is 3. The molecule has 6 amide bonds. The molecule has 0 fully saturated rings. The molecule has 530 valence electrons. The first-order valence-electron chi connectivity index (χ1n) is 33.5. The van der Waals surface area contributed by atoms with Gasteiger partial charge in [-0.1, -0.05) is 203 Å².